The standard InChI is InChI=1S/C35H44O13/c1-8-18(2)28(40)31(41)47-30-29(45-17-36)27(32(5)11-9-25(38)48-33(6)16-44-26(39)14-23(32)33)19(3)35(42)24(46-20(4)37)13-22(34(30,35)7)21-10-12-43-15-21/h9-12,15,17-18,22-24,27-30,40,42H,3,8,13-14,16H2,1-2,4-7H3/t18-,22+,23-,24+,27-,28-,29-,30+,32+,33-,34-,35-/m1/s1. The van der Waals surface area contributed by atoms with Gasteiger partial charge in [-0.05, 0) is 36.5 Å². The van der Waals surface area contributed by atoms with Crippen molar-refractivity contribution in [1.29, 1.82) is 0 Å². The number of aliphatic hydroxyl groups excluding tert-OH is 1. The van der Waals surface area contributed by atoms with Gasteiger partial charge in [-0.3, -0.25) is 14.4 Å². The van der Waals surface area contributed by atoms with Crippen LogP contribution in [0.3, 0.4) is 0 Å². The zero-order chi connectivity index (χ0) is 35.4. The fourth-order valence-electron chi connectivity index (χ4n) is 8.93. The maximum Gasteiger partial charge on any atom is 0.335 e. The smallest absolute Gasteiger partial charge is 0.335 e. The maximum absolute atomic E-state index is 13.7. The van der Waals surface area contributed by atoms with Gasteiger partial charge in [-0.1, -0.05) is 46.8 Å². The van der Waals surface area contributed by atoms with Crippen molar-refractivity contribution in [2.75, 3.05) is 6.61 Å². The number of carbonyl (C=O) groups is 5. The van der Waals surface area contributed by atoms with Gasteiger partial charge in [-0.2, -0.15) is 0 Å². The number of esters is 4. The van der Waals surface area contributed by atoms with E-state index in [2.05, 4.69) is 6.58 Å². The van der Waals surface area contributed by atoms with Crippen LogP contribution in [0, 0.1) is 28.6 Å². The Labute approximate surface area is 278 Å². The lowest BCUT2D eigenvalue weighted by molar-refractivity contribution is -0.243. The summed E-state index contributed by atoms with van der Waals surface area (Å²) in [7, 11) is 0. The molecule has 4 aliphatic rings. The third kappa shape index (κ3) is 5.26. The van der Waals surface area contributed by atoms with Gasteiger partial charge in [0, 0.05) is 36.2 Å². The third-order valence-corrected chi connectivity index (χ3v) is 11.6. The van der Waals surface area contributed by atoms with Gasteiger partial charge in [-0.25, -0.2) is 9.59 Å². The molecule has 0 unspecified atom stereocenters. The minimum absolute atomic E-state index is 0.0231. The highest BCUT2D eigenvalue weighted by atomic mass is 16.6. The van der Waals surface area contributed by atoms with Gasteiger partial charge in [0.2, 0.25) is 0 Å². The van der Waals surface area contributed by atoms with Crippen molar-refractivity contribution < 1.29 is 62.3 Å². The van der Waals surface area contributed by atoms with Crippen molar-refractivity contribution in [2.45, 2.75) is 102 Å². The summed E-state index contributed by atoms with van der Waals surface area (Å²) in [4.78, 5) is 64.4. The first-order valence-electron chi connectivity index (χ1n) is 16.2. The molecular formula is C35H44O13. The van der Waals surface area contributed by atoms with Crippen molar-refractivity contribution >= 4 is 30.3 Å². The Hall–Kier alpha value is -3.97. The summed E-state index contributed by atoms with van der Waals surface area (Å²) in [6.07, 6.45) is 0.145. The number of ether oxygens (including phenoxy) is 5. The summed E-state index contributed by atoms with van der Waals surface area (Å²) in [6, 6.07) is 1.67. The second kappa shape index (κ2) is 12.5. The molecule has 5 rings (SSSR count). The van der Waals surface area contributed by atoms with Gasteiger partial charge in [-0.15, -0.1) is 0 Å². The first-order chi connectivity index (χ1) is 22.5. The second-order valence-electron chi connectivity index (χ2n) is 14.2. The van der Waals surface area contributed by atoms with E-state index in [0.717, 1.165) is 0 Å². The average Bonchev–Trinajstić information content (AvgIpc) is 3.62. The molecule has 48 heavy (non-hydrogen) atoms. The zero-order valence-electron chi connectivity index (χ0n) is 28.0. The molecule has 2 saturated carbocycles. The van der Waals surface area contributed by atoms with Gasteiger partial charge in [0.1, 0.15) is 36.1 Å². The molecule has 13 nitrogen and oxygen atoms in total. The summed E-state index contributed by atoms with van der Waals surface area (Å²) in [5.41, 5.74) is -5.87. The number of carbonyl (C=O) groups excluding carboxylic acids is 5. The Bertz CT molecular complexity index is 1500. The summed E-state index contributed by atoms with van der Waals surface area (Å²) < 4.78 is 34.4. The lowest BCUT2D eigenvalue weighted by atomic mass is 9.47. The van der Waals surface area contributed by atoms with Crippen molar-refractivity contribution in [1.82, 2.24) is 0 Å². The molecule has 0 amide bonds. The van der Waals surface area contributed by atoms with Crippen LogP contribution in [-0.4, -0.2) is 82.8 Å². The minimum Gasteiger partial charge on any atom is -0.472 e. The first kappa shape index (κ1) is 35.3. The molecule has 1 saturated heterocycles. The zero-order valence-corrected chi connectivity index (χ0v) is 28.0. The van der Waals surface area contributed by atoms with Crippen molar-refractivity contribution in [2.24, 2.45) is 28.6 Å². The van der Waals surface area contributed by atoms with Crippen LogP contribution >= 0.6 is 0 Å². The molecule has 2 aliphatic heterocycles. The Balaban J connectivity index is 1.79. The maximum atomic E-state index is 13.7. The molecule has 0 aromatic carbocycles. The number of hydrogen-bond donors (Lipinski definition) is 2. The highest BCUT2D eigenvalue weighted by Gasteiger charge is 2.77. The molecular weight excluding hydrogens is 628 g/mol. The average molecular weight is 673 g/mol. The molecule has 0 bridgehead atoms. The summed E-state index contributed by atoms with van der Waals surface area (Å²) >= 11 is 0. The Morgan fingerprint density at radius 2 is 1.92 bits per heavy atom. The number of cyclic esters (lactones) is 1. The molecule has 3 heterocycles. The monoisotopic (exact) mass is 672 g/mol. The predicted molar refractivity (Wildman–Crippen MR) is 164 cm³/mol. The Morgan fingerprint density at radius 1 is 1.21 bits per heavy atom. The van der Waals surface area contributed by atoms with E-state index in [4.69, 9.17) is 28.1 Å². The number of fused-ring (bicyclic) bond motifs is 2. The van der Waals surface area contributed by atoms with Gasteiger partial charge in [0.15, 0.2) is 6.10 Å². The van der Waals surface area contributed by atoms with Crippen LogP contribution in [0.1, 0.15) is 72.3 Å². The largest absolute Gasteiger partial charge is 0.472 e. The van der Waals surface area contributed by atoms with E-state index in [0.29, 0.717) is 12.0 Å². The summed E-state index contributed by atoms with van der Waals surface area (Å²) in [5, 5.41) is 24.2. The second-order valence-corrected chi connectivity index (χ2v) is 14.2. The number of furan rings is 1. The molecule has 0 spiro atoms. The third-order valence-electron chi connectivity index (χ3n) is 11.6. The number of aliphatic hydroxyl groups is 2. The van der Waals surface area contributed by atoms with Gasteiger partial charge < -0.3 is 38.3 Å². The van der Waals surface area contributed by atoms with E-state index in [-0.39, 0.29) is 31.5 Å². The summed E-state index contributed by atoms with van der Waals surface area (Å²) in [6.45, 7) is 13.9. The molecule has 2 N–H and O–H groups in total. The van der Waals surface area contributed by atoms with E-state index in [9.17, 15) is 34.2 Å². The fraction of sp³-hybridized carbons (Fsp3) is 0.629. The van der Waals surface area contributed by atoms with E-state index in [1.165, 1.54) is 31.6 Å². The molecule has 2 aliphatic carbocycles. The van der Waals surface area contributed by atoms with Crippen LogP contribution < -0.4 is 0 Å². The van der Waals surface area contributed by atoms with Crippen LogP contribution in [0.5, 0.6) is 0 Å². The van der Waals surface area contributed by atoms with Crippen molar-refractivity contribution in [3.8, 4) is 0 Å². The van der Waals surface area contributed by atoms with Gasteiger partial charge >= 0.3 is 23.9 Å². The summed E-state index contributed by atoms with van der Waals surface area (Å²) in [5.74, 6) is -6.21. The van der Waals surface area contributed by atoms with Crippen LogP contribution in [0.4, 0.5) is 0 Å². The Morgan fingerprint density at radius 3 is 2.52 bits per heavy atom. The number of allylic oxidation sites excluding steroid dienone is 1. The molecule has 3 fully saturated rings. The fourth-order valence-corrected chi connectivity index (χ4v) is 8.93. The number of rotatable bonds is 9. The lowest BCUT2D eigenvalue weighted by Gasteiger charge is -2.61. The molecule has 13 heteroatoms. The lowest BCUT2D eigenvalue weighted by Crippen LogP contribution is -2.71. The van der Waals surface area contributed by atoms with E-state index in [1.54, 1.807) is 40.7 Å². The molecule has 1 aromatic rings. The molecule has 1 aromatic heterocycles. The molecule has 0 radical (unpaired) electrons. The van der Waals surface area contributed by atoms with E-state index in [1.807, 2.05) is 0 Å². The topological polar surface area (TPSA) is 185 Å². The first-order valence-corrected chi connectivity index (χ1v) is 16.2. The van der Waals surface area contributed by atoms with Crippen molar-refractivity contribution in [3.63, 3.8) is 0 Å². The minimum atomic E-state index is -2.17. The van der Waals surface area contributed by atoms with Crippen LogP contribution in [-0.2, 0) is 47.7 Å². The van der Waals surface area contributed by atoms with E-state index >= 15 is 0 Å². The predicted octanol–water partition coefficient (Wildman–Crippen LogP) is 2.92. The van der Waals surface area contributed by atoms with Crippen LogP contribution in [0.2, 0.25) is 0 Å². The van der Waals surface area contributed by atoms with Gasteiger partial charge in [0.05, 0.1) is 24.4 Å². The number of hydrogen-bond acceptors (Lipinski definition) is 13. The molecule has 12 atom stereocenters. The quantitative estimate of drug-likeness (QED) is 0.169. The SMILES string of the molecule is C=C1[C@@H]([C@@]2(C)C=CC(=O)O[C@]3(C)COC(=O)C[C@H]23)[C@@H](OC=O)[C@H](OC(=O)[C@H](O)[C@H](C)CC)[C@@]2(C)[C@H](c3ccoc3)C[C@H](OC(C)=O)[C@]12O. The van der Waals surface area contributed by atoms with E-state index < -0.39 is 94.0 Å². The Kier molecular flexibility index (Phi) is 9.19. The van der Waals surface area contributed by atoms with Crippen molar-refractivity contribution in [3.05, 3.63) is 48.5 Å². The highest BCUT2D eigenvalue weighted by molar-refractivity contribution is 5.83. The van der Waals surface area contributed by atoms with Gasteiger partial charge in [0.25, 0.3) is 6.47 Å². The van der Waals surface area contributed by atoms with Crippen LogP contribution in [0.25, 0.3) is 0 Å². The highest BCUT2D eigenvalue weighted by Crippen LogP contribution is 2.69. The van der Waals surface area contributed by atoms with Crippen LogP contribution in [0.15, 0.2) is 47.3 Å². The normalized spacial score (nSPS) is 40.3. The molecule has 262 valence electrons.